The quantitative estimate of drug-likeness (QED) is 0.860. The van der Waals surface area contributed by atoms with Crippen molar-refractivity contribution in [3.05, 3.63) is 22.4 Å². The molecule has 0 fully saturated rings. The predicted octanol–water partition coefficient (Wildman–Crippen LogP) is 1.50. The van der Waals surface area contributed by atoms with E-state index in [9.17, 15) is 9.59 Å². The summed E-state index contributed by atoms with van der Waals surface area (Å²) in [4.78, 5) is 26.3. The van der Waals surface area contributed by atoms with Crippen LogP contribution in [0.2, 0.25) is 0 Å². The minimum atomic E-state index is -1.06. The maximum absolute atomic E-state index is 12.0. The van der Waals surface area contributed by atoms with Gasteiger partial charge in [0.15, 0.2) is 0 Å². The summed E-state index contributed by atoms with van der Waals surface area (Å²) in [7, 11) is 3.37. The molecular formula is C13H20N2O3S. The Labute approximate surface area is 117 Å². The molecule has 0 aliphatic rings. The molecule has 0 unspecified atom stereocenters. The van der Waals surface area contributed by atoms with E-state index in [1.54, 1.807) is 49.1 Å². The average Bonchev–Trinajstić information content (AvgIpc) is 2.81. The molecule has 1 N–H and O–H groups in total. The van der Waals surface area contributed by atoms with Gasteiger partial charge in [0.2, 0.25) is 5.91 Å². The van der Waals surface area contributed by atoms with E-state index in [2.05, 4.69) is 0 Å². The number of carboxylic acid groups (broad SMARTS) is 1. The van der Waals surface area contributed by atoms with Gasteiger partial charge in [0.1, 0.15) is 5.54 Å². The summed E-state index contributed by atoms with van der Waals surface area (Å²) in [6.45, 7) is 3.80. The molecule has 0 aliphatic heterocycles. The Morgan fingerprint density at radius 3 is 2.47 bits per heavy atom. The summed E-state index contributed by atoms with van der Waals surface area (Å²) in [5.74, 6) is -1.04. The fourth-order valence-electron chi connectivity index (χ4n) is 1.43. The van der Waals surface area contributed by atoms with Crippen molar-refractivity contribution < 1.29 is 14.7 Å². The van der Waals surface area contributed by atoms with Crippen molar-refractivity contribution in [2.75, 3.05) is 20.6 Å². The largest absolute Gasteiger partial charge is 0.480 e. The molecule has 0 radical (unpaired) electrons. The van der Waals surface area contributed by atoms with Gasteiger partial charge in [-0.3, -0.25) is 14.5 Å². The van der Waals surface area contributed by atoms with Crippen molar-refractivity contribution in [3.63, 3.8) is 0 Å². The highest BCUT2D eigenvalue weighted by Crippen LogP contribution is 2.13. The molecule has 1 heterocycles. The van der Waals surface area contributed by atoms with Crippen molar-refractivity contribution in [1.82, 2.24) is 9.80 Å². The molecule has 1 aromatic heterocycles. The number of hydrogen-bond donors (Lipinski definition) is 1. The SMILES string of the molecule is CN(Cc1ccsc1)C(=O)CN(C)C(C)(C)C(=O)O. The smallest absolute Gasteiger partial charge is 0.323 e. The zero-order chi connectivity index (χ0) is 14.6. The van der Waals surface area contributed by atoms with Crippen molar-refractivity contribution in [2.24, 2.45) is 0 Å². The second-order valence-corrected chi connectivity index (χ2v) is 5.88. The van der Waals surface area contributed by atoms with E-state index in [0.29, 0.717) is 6.54 Å². The Morgan fingerprint density at radius 2 is 2.00 bits per heavy atom. The molecule has 5 nitrogen and oxygen atoms in total. The minimum absolute atomic E-state index is 0.0833. The third-order valence-electron chi connectivity index (χ3n) is 3.28. The Balaban J connectivity index is 2.57. The lowest BCUT2D eigenvalue weighted by Gasteiger charge is -2.32. The number of nitrogens with zero attached hydrogens (tertiary/aromatic N) is 2. The van der Waals surface area contributed by atoms with E-state index in [1.807, 2.05) is 16.8 Å². The van der Waals surface area contributed by atoms with Gasteiger partial charge in [0, 0.05) is 13.6 Å². The number of carbonyl (C=O) groups is 2. The molecule has 1 aromatic rings. The molecule has 0 saturated carbocycles. The lowest BCUT2D eigenvalue weighted by molar-refractivity contribution is -0.150. The normalized spacial score (nSPS) is 11.6. The average molecular weight is 284 g/mol. The summed E-state index contributed by atoms with van der Waals surface area (Å²) in [6.07, 6.45) is 0. The number of carbonyl (C=O) groups excluding carboxylic acids is 1. The topological polar surface area (TPSA) is 60.9 Å². The Morgan fingerprint density at radius 1 is 1.37 bits per heavy atom. The van der Waals surface area contributed by atoms with Crippen molar-refractivity contribution in [3.8, 4) is 0 Å². The van der Waals surface area contributed by atoms with Gasteiger partial charge in [-0.1, -0.05) is 0 Å². The van der Waals surface area contributed by atoms with Crippen LogP contribution in [-0.4, -0.2) is 53.0 Å². The summed E-state index contributed by atoms with van der Waals surface area (Å²) < 4.78 is 0. The first-order valence-electron chi connectivity index (χ1n) is 5.95. The molecule has 1 rings (SSSR count). The molecule has 0 bridgehead atoms. The van der Waals surface area contributed by atoms with Crippen LogP contribution < -0.4 is 0 Å². The molecule has 0 aromatic carbocycles. The number of hydrogen-bond acceptors (Lipinski definition) is 4. The molecule has 106 valence electrons. The van der Waals surface area contributed by atoms with Crippen LogP contribution in [-0.2, 0) is 16.1 Å². The van der Waals surface area contributed by atoms with Gasteiger partial charge in [-0.05, 0) is 43.3 Å². The lowest BCUT2D eigenvalue weighted by atomic mass is 10.0. The Hall–Kier alpha value is -1.40. The second-order valence-electron chi connectivity index (χ2n) is 5.10. The van der Waals surface area contributed by atoms with Crippen LogP contribution in [0.3, 0.4) is 0 Å². The molecule has 0 saturated heterocycles. The Kier molecular flexibility index (Phi) is 5.08. The maximum Gasteiger partial charge on any atom is 0.323 e. The van der Waals surface area contributed by atoms with Crippen molar-refractivity contribution >= 4 is 23.2 Å². The van der Waals surface area contributed by atoms with Gasteiger partial charge in [-0.15, -0.1) is 0 Å². The predicted molar refractivity (Wildman–Crippen MR) is 75.1 cm³/mol. The molecule has 19 heavy (non-hydrogen) atoms. The summed E-state index contributed by atoms with van der Waals surface area (Å²) >= 11 is 1.59. The summed E-state index contributed by atoms with van der Waals surface area (Å²) in [5.41, 5.74) is 0.0276. The van der Waals surface area contributed by atoms with Crippen LogP contribution in [0.4, 0.5) is 0 Å². The highest BCUT2D eigenvalue weighted by atomic mass is 32.1. The van der Waals surface area contributed by atoms with Crippen LogP contribution in [0.1, 0.15) is 19.4 Å². The molecule has 1 amide bonds. The zero-order valence-electron chi connectivity index (χ0n) is 11.7. The first kappa shape index (κ1) is 15.7. The van der Waals surface area contributed by atoms with E-state index in [0.717, 1.165) is 5.56 Å². The standard InChI is InChI=1S/C13H20N2O3S/c1-13(2,12(17)18)15(4)8-11(16)14(3)7-10-5-6-19-9-10/h5-6,9H,7-8H2,1-4H3,(H,17,18). The zero-order valence-corrected chi connectivity index (χ0v) is 12.5. The number of amides is 1. The van der Waals surface area contributed by atoms with Crippen molar-refractivity contribution in [1.29, 1.82) is 0 Å². The number of thiophene rings is 1. The van der Waals surface area contributed by atoms with Crippen LogP contribution in [0.25, 0.3) is 0 Å². The first-order valence-corrected chi connectivity index (χ1v) is 6.89. The third kappa shape index (κ3) is 4.04. The fraction of sp³-hybridized carbons (Fsp3) is 0.538. The molecule has 0 atom stereocenters. The third-order valence-corrected chi connectivity index (χ3v) is 4.01. The van der Waals surface area contributed by atoms with E-state index in [1.165, 1.54) is 0 Å². The molecule has 0 spiro atoms. The maximum atomic E-state index is 12.0. The van der Waals surface area contributed by atoms with E-state index >= 15 is 0 Å². The summed E-state index contributed by atoms with van der Waals surface area (Å²) in [5, 5.41) is 13.1. The second kappa shape index (κ2) is 6.16. The van der Waals surface area contributed by atoms with Crippen molar-refractivity contribution in [2.45, 2.75) is 25.9 Å². The van der Waals surface area contributed by atoms with E-state index in [4.69, 9.17) is 5.11 Å². The van der Waals surface area contributed by atoms with Crippen LogP contribution in [0, 0.1) is 0 Å². The summed E-state index contributed by atoms with van der Waals surface area (Å²) in [6, 6.07) is 1.97. The van der Waals surface area contributed by atoms with Gasteiger partial charge in [0.25, 0.3) is 0 Å². The monoisotopic (exact) mass is 284 g/mol. The lowest BCUT2D eigenvalue weighted by Crippen LogP contribution is -2.51. The molecular weight excluding hydrogens is 264 g/mol. The number of rotatable bonds is 6. The number of aliphatic carboxylic acids is 1. The van der Waals surface area contributed by atoms with Crippen LogP contribution in [0.15, 0.2) is 16.8 Å². The van der Waals surface area contributed by atoms with E-state index < -0.39 is 11.5 Å². The number of carboxylic acids is 1. The number of likely N-dealkylation sites (N-methyl/N-ethyl adjacent to an activating group) is 2. The van der Waals surface area contributed by atoms with Crippen LogP contribution in [0.5, 0.6) is 0 Å². The molecule has 0 aliphatic carbocycles. The highest BCUT2D eigenvalue weighted by molar-refractivity contribution is 7.07. The van der Waals surface area contributed by atoms with Crippen LogP contribution >= 0.6 is 11.3 Å². The highest BCUT2D eigenvalue weighted by Gasteiger charge is 2.33. The van der Waals surface area contributed by atoms with Gasteiger partial charge >= 0.3 is 5.97 Å². The Bertz CT molecular complexity index is 443. The first-order chi connectivity index (χ1) is 8.75. The van der Waals surface area contributed by atoms with E-state index in [-0.39, 0.29) is 12.5 Å². The fourth-order valence-corrected chi connectivity index (χ4v) is 2.09. The minimum Gasteiger partial charge on any atom is -0.480 e. The van der Waals surface area contributed by atoms with Gasteiger partial charge in [-0.2, -0.15) is 11.3 Å². The van der Waals surface area contributed by atoms with Gasteiger partial charge in [0.05, 0.1) is 6.54 Å². The van der Waals surface area contributed by atoms with Gasteiger partial charge < -0.3 is 10.0 Å². The van der Waals surface area contributed by atoms with Gasteiger partial charge in [-0.25, -0.2) is 0 Å². The molecule has 6 heteroatoms.